The van der Waals surface area contributed by atoms with E-state index in [1.807, 2.05) is 24.3 Å². The van der Waals surface area contributed by atoms with Crippen molar-refractivity contribution in [1.29, 1.82) is 5.41 Å². The molecule has 0 aromatic heterocycles. The predicted octanol–water partition coefficient (Wildman–Crippen LogP) is 1.05. The van der Waals surface area contributed by atoms with E-state index in [0.717, 1.165) is 24.1 Å². The van der Waals surface area contributed by atoms with Gasteiger partial charge in [0.2, 0.25) is 5.91 Å². The van der Waals surface area contributed by atoms with Crippen LogP contribution in [0, 0.1) is 5.41 Å². The molecule has 1 fully saturated rings. The third kappa shape index (κ3) is 2.91. The average Bonchev–Trinajstić information content (AvgIpc) is 2.24. The summed E-state index contributed by atoms with van der Waals surface area (Å²) in [4.78, 5) is 11.6. The zero-order valence-electron chi connectivity index (χ0n) is 9.92. The third-order valence-electron chi connectivity index (χ3n) is 2.99. The maximum absolute atomic E-state index is 11.6. The highest BCUT2D eigenvalue weighted by Crippen LogP contribution is 2.06. The van der Waals surface area contributed by atoms with Gasteiger partial charge in [-0.15, -0.1) is 0 Å². The first-order valence-corrected chi connectivity index (χ1v) is 5.82. The molecule has 0 aliphatic carbocycles. The number of rotatable bonds is 4. The van der Waals surface area contributed by atoms with Gasteiger partial charge in [-0.1, -0.05) is 24.3 Å². The van der Waals surface area contributed by atoms with E-state index < -0.39 is 0 Å². The minimum absolute atomic E-state index is 0.00177. The van der Waals surface area contributed by atoms with Crippen molar-refractivity contribution in [2.24, 2.45) is 0 Å². The molecule has 4 heteroatoms. The van der Waals surface area contributed by atoms with Crippen LogP contribution in [0.3, 0.4) is 0 Å². The maximum Gasteiger partial charge on any atom is 0.237 e. The number of nitrogens with one attached hydrogen (secondary N) is 3. The fourth-order valence-corrected chi connectivity index (χ4v) is 1.70. The Hall–Kier alpha value is -1.68. The predicted molar refractivity (Wildman–Crippen MR) is 67.2 cm³/mol. The first-order valence-electron chi connectivity index (χ1n) is 5.82. The molecule has 0 bridgehead atoms. The molecule has 2 rings (SSSR count). The number of hydrogen-bond acceptors (Lipinski definition) is 3. The molecule has 1 aromatic rings. The Morgan fingerprint density at radius 2 is 2.12 bits per heavy atom. The summed E-state index contributed by atoms with van der Waals surface area (Å²) in [6.07, 6.45) is 0.928. The van der Waals surface area contributed by atoms with Crippen molar-refractivity contribution >= 4 is 11.6 Å². The van der Waals surface area contributed by atoms with Crippen LogP contribution in [0.25, 0.3) is 0 Å². The summed E-state index contributed by atoms with van der Waals surface area (Å²) in [7, 11) is 0. The normalized spacial score (nSPS) is 18.3. The lowest BCUT2D eigenvalue weighted by Gasteiger charge is -2.26. The van der Waals surface area contributed by atoms with Crippen molar-refractivity contribution in [3.05, 3.63) is 35.4 Å². The molecule has 0 unspecified atom stereocenters. The standard InChI is InChI=1S/C13H17N3O/c1-9(14)11-4-2-10(3-5-11)8-16-13(17)12-6-7-15-12/h2-5,12,14-15H,6-8H2,1H3,(H,16,17)/t12-/m0/s1. The van der Waals surface area contributed by atoms with Gasteiger partial charge in [-0.3, -0.25) is 4.79 Å². The topological polar surface area (TPSA) is 65.0 Å². The van der Waals surface area contributed by atoms with Gasteiger partial charge < -0.3 is 16.0 Å². The molecule has 1 aromatic carbocycles. The van der Waals surface area contributed by atoms with Crippen molar-refractivity contribution in [2.45, 2.75) is 25.9 Å². The molecule has 4 nitrogen and oxygen atoms in total. The number of carbonyl (C=O) groups excluding carboxylic acids is 1. The summed E-state index contributed by atoms with van der Waals surface area (Å²) >= 11 is 0. The molecule has 1 heterocycles. The van der Waals surface area contributed by atoms with E-state index in [1.54, 1.807) is 6.92 Å². The molecule has 3 N–H and O–H groups in total. The largest absolute Gasteiger partial charge is 0.351 e. The fraction of sp³-hybridized carbons (Fsp3) is 0.385. The van der Waals surface area contributed by atoms with Crippen molar-refractivity contribution in [3.8, 4) is 0 Å². The number of carbonyl (C=O) groups is 1. The monoisotopic (exact) mass is 231 g/mol. The Morgan fingerprint density at radius 1 is 1.47 bits per heavy atom. The second kappa shape index (κ2) is 5.10. The Morgan fingerprint density at radius 3 is 2.59 bits per heavy atom. The highest BCUT2D eigenvalue weighted by Gasteiger charge is 2.23. The first kappa shape index (κ1) is 11.8. The Kier molecular flexibility index (Phi) is 3.54. The lowest BCUT2D eigenvalue weighted by Crippen LogP contribution is -2.52. The summed E-state index contributed by atoms with van der Waals surface area (Å²) in [6, 6.07) is 7.71. The fourth-order valence-electron chi connectivity index (χ4n) is 1.70. The SMILES string of the molecule is CC(=N)c1ccc(CNC(=O)[C@@H]2CCN2)cc1. The summed E-state index contributed by atoms with van der Waals surface area (Å²) in [5.41, 5.74) is 2.53. The van der Waals surface area contributed by atoms with E-state index >= 15 is 0 Å². The van der Waals surface area contributed by atoms with Gasteiger partial charge in [0, 0.05) is 12.3 Å². The lowest BCUT2D eigenvalue weighted by molar-refractivity contribution is -0.124. The second-order valence-corrected chi connectivity index (χ2v) is 4.34. The Balaban J connectivity index is 1.86. The van der Waals surface area contributed by atoms with Gasteiger partial charge in [-0.2, -0.15) is 0 Å². The van der Waals surface area contributed by atoms with Gasteiger partial charge in [-0.05, 0) is 31.0 Å². The van der Waals surface area contributed by atoms with Crippen LogP contribution in [0.5, 0.6) is 0 Å². The van der Waals surface area contributed by atoms with Gasteiger partial charge in [0.1, 0.15) is 0 Å². The summed E-state index contributed by atoms with van der Waals surface area (Å²) in [5.74, 6) is 0.0727. The van der Waals surface area contributed by atoms with Crippen LogP contribution in [0.15, 0.2) is 24.3 Å². The Labute approximate surface area is 101 Å². The van der Waals surface area contributed by atoms with Crippen LogP contribution >= 0.6 is 0 Å². The molecule has 1 atom stereocenters. The zero-order valence-corrected chi connectivity index (χ0v) is 9.92. The lowest BCUT2D eigenvalue weighted by atomic mass is 10.1. The smallest absolute Gasteiger partial charge is 0.237 e. The van der Waals surface area contributed by atoms with Gasteiger partial charge in [0.15, 0.2) is 0 Å². The third-order valence-corrected chi connectivity index (χ3v) is 2.99. The summed E-state index contributed by atoms with van der Waals surface area (Å²) in [5, 5.41) is 13.4. The molecular formula is C13H17N3O. The van der Waals surface area contributed by atoms with Crippen LogP contribution in [-0.4, -0.2) is 24.2 Å². The molecule has 1 aliphatic heterocycles. The highest BCUT2D eigenvalue weighted by atomic mass is 16.2. The minimum Gasteiger partial charge on any atom is -0.351 e. The van der Waals surface area contributed by atoms with E-state index in [-0.39, 0.29) is 11.9 Å². The van der Waals surface area contributed by atoms with Gasteiger partial charge in [0.05, 0.1) is 6.04 Å². The average molecular weight is 231 g/mol. The summed E-state index contributed by atoms with van der Waals surface area (Å²) < 4.78 is 0. The number of hydrogen-bond donors (Lipinski definition) is 3. The van der Waals surface area contributed by atoms with E-state index in [2.05, 4.69) is 10.6 Å². The quantitative estimate of drug-likeness (QED) is 0.678. The number of amides is 1. The molecule has 0 saturated carbocycles. The minimum atomic E-state index is -0.00177. The molecule has 0 spiro atoms. The molecule has 17 heavy (non-hydrogen) atoms. The molecule has 1 saturated heterocycles. The van der Waals surface area contributed by atoms with Gasteiger partial charge >= 0.3 is 0 Å². The molecule has 90 valence electrons. The van der Waals surface area contributed by atoms with Crippen LogP contribution < -0.4 is 10.6 Å². The first-order chi connectivity index (χ1) is 8.16. The highest BCUT2D eigenvalue weighted by molar-refractivity contribution is 5.96. The van der Waals surface area contributed by atoms with Crippen LogP contribution in [0.1, 0.15) is 24.5 Å². The molecule has 1 amide bonds. The van der Waals surface area contributed by atoms with E-state index in [0.29, 0.717) is 12.3 Å². The van der Waals surface area contributed by atoms with Gasteiger partial charge in [-0.25, -0.2) is 0 Å². The van der Waals surface area contributed by atoms with Crippen molar-refractivity contribution in [1.82, 2.24) is 10.6 Å². The van der Waals surface area contributed by atoms with E-state index in [9.17, 15) is 4.79 Å². The summed E-state index contributed by atoms with van der Waals surface area (Å²) in [6.45, 7) is 3.25. The van der Waals surface area contributed by atoms with Gasteiger partial charge in [0.25, 0.3) is 0 Å². The molecular weight excluding hydrogens is 214 g/mol. The van der Waals surface area contributed by atoms with Crippen molar-refractivity contribution in [3.63, 3.8) is 0 Å². The van der Waals surface area contributed by atoms with Crippen LogP contribution in [0.2, 0.25) is 0 Å². The Bertz CT molecular complexity index is 421. The van der Waals surface area contributed by atoms with Crippen molar-refractivity contribution in [2.75, 3.05) is 6.54 Å². The molecule has 0 radical (unpaired) electrons. The maximum atomic E-state index is 11.6. The van der Waals surface area contributed by atoms with E-state index in [1.165, 1.54) is 0 Å². The van der Waals surface area contributed by atoms with Crippen LogP contribution in [0.4, 0.5) is 0 Å². The van der Waals surface area contributed by atoms with Crippen LogP contribution in [-0.2, 0) is 11.3 Å². The second-order valence-electron chi connectivity index (χ2n) is 4.34. The van der Waals surface area contributed by atoms with Crippen molar-refractivity contribution < 1.29 is 4.79 Å². The zero-order chi connectivity index (χ0) is 12.3. The number of benzene rings is 1. The molecule has 1 aliphatic rings. The van der Waals surface area contributed by atoms with E-state index in [4.69, 9.17) is 5.41 Å².